The fraction of sp³-hybridized carbons (Fsp3) is 0.333. The van der Waals surface area contributed by atoms with Crippen LogP contribution in [0.2, 0.25) is 0 Å². The van der Waals surface area contributed by atoms with E-state index >= 15 is 0 Å². The van der Waals surface area contributed by atoms with Crippen LogP contribution in [0.1, 0.15) is 42.5 Å². The number of ether oxygens (including phenoxy) is 1. The molecule has 2 heterocycles. The highest BCUT2D eigenvalue weighted by atomic mass is 19.4. The molecule has 0 bridgehead atoms. The second-order valence-electron chi connectivity index (χ2n) is 9.27. The number of halogens is 3. The molecule has 1 amide bonds. The van der Waals surface area contributed by atoms with E-state index < -0.39 is 41.5 Å². The summed E-state index contributed by atoms with van der Waals surface area (Å²) in [5, 5.41) is 3.90. The molecule has 7 nitrogen and oxygen atoms in total. The molecule has 5 rings (SSSR count). The lowest BCUT2D eigenvalue weighted by atomic mass is 9.76. The Bertz CT molecular complexity index is 1280. The number of ketones is 2. The first-order valence-corrected chi connectivity index (χ1v) is 12.0. The average molecular weight is 512 g/mol. The number of rotatable bonds is 6. The summed E-state index contributed by atoms with van der Waals surface area (Å²) in [7, 11) is 0. The Hall–Kier alpha value is -3.95. The van der Waals surface area contributed by atoms with Crippen LogP contribution in [-0.2, 0) is 9.59 Å². The summed E-state index contributed by atoms with van der Waals surface area (Å²) < 4.78 is 46.3. The third-order valence-corrected chi connectivity index (χ3v) is 7.02. The number of alkyl halides is 3. The van der Waals surface area contributed by atoms with Gasteiger partial charge in [0.2, 0.25) is 5.78 Å². The van der Waals surface area contributed by atoms with Crippen LogP contribution in [0.15, 0.2) is 65.4 Å². The molecule has 1 aliphatic carbocycles. The highest BCUT2D eigenvalue weighted by Gasteiger charge is 2.54. The Labute approximate surface area is 210 Å². The third-order valence-electron chi connectivity index (χ3n) is 7.02. The Morgan fingerprint density at radius 3 is 2.22 bits per heavy atom. The number of aromatic nitrogens is 1. The van der Waals surface area contributed by atoms with Crippen molar-refractivity contribution in [1.82, 2.24) is 5.16 Å². The molecule has 0 spiro atoms. The molecule has 2 aliphatic rings. The minimum atomic E-state index is -4.87. The molecular formula is C27H23F3N2O5. The molecule has 1 aliphatic heterocycles. The quantitative estimate of drug-likeness (QED) is 0.243. The molecule has 2 fully saturated rings. The van der Waals surface area contributed by atoms with Gasteiger partial charge in [-0.2, -0.15) is 0 Å². The van der Waals surface area contributed by atoms with Crippen molar-refractivity contribution in [2.45, 2.75) is 44.5 Å². The highest BCUT2D eigenvalue weighted by Crippen LogP contribution is 2.41. The lowest BCUT2D eigenvalue weighted by Crippen LogP contribution is -2.43. The fourth-order valence-electron chi connectivity index (χ4n) is 5.37. The predicted octanol–water partition coefficient (Wildman–Crippen LogP) is 5.60. The van der Waals surface area contributed by atoms with E-state index in [9.17, 15) is 27.6 Å². The molecule has 0 radical (unpaired) electrons. The van der Waals surface area contributed by atoms with Gasteiger partial charge >= 0.3 is 6.36 Å². The van der Waals surface area contributed by atoms with Gasteiger partial charge in [0.1, 0.15) is 23.6 Å². The molecule has 37 heavy (non-hydrogen) atoms. The van der Waals surface area contributed by atoms with E-state index in [0.717, 1.165) is 49.8 Å². The number of benzene rings is 2. The van der Waals surface area contributed by atoms with Crippen LogP contribution < -0.4 is 9.64 Å². The monoisotopic (exact) mass is 512 g/mol. The van der Waals surface area contributed by atoms with Gasteiger partial charge in [0, 0.05) is 22.9 Å². The van der Waals surface area contributed by atoms with Gasteiger partial charge in [-0.3, -0.25) is 14.4 Å². The van der Waals surface area contributed by atoms with Crippen molar-refractivity contribution in [2.75, 3.05) is 4.90 Å². The number of carbonyl (C=O) groups excluding carboxylic acids is 3. The SMILES string of the molecule is O=C1C(=O)N(c2ccc(-c3ccon3)cc2)C(C2CCCCC2)C1C(=O)c1ccc(OC(F)(F)F)cc1. The Balaban J connectivity index is 1.47. The van der Waals surface area contributed by atoms with Gasteiger partial charge in [0.15, 0.2) is 5.78 Å². The zero-order chi connectivity index (χ0) is 26.2. The first kappa shape index (κ1) is 24.7. The largest absolute Gasteiger partial charge is 0.573 e. The molecule has 10 heteroatoms. The normalized spacial score (nSPS) is 20.9. The van der Waals surface area contributed by atoms with Gasteiger partial charge in [-0.05, 0) is 55.2 Å². The van der Waals surface area contributed by atoms with E-state index in [0.29, 0.717) is 11.4 Å². The Morgan fingerprint density at radius 1 is 0.946 bits per heavy atom. The van der Waals surface area contributed by atoms with Gasteiger partial charge in [-0.1, -0.05) is 36.6 Å². The van der Waals surface area contributed by atoms with Gasteiger partial charge in [-0.15, -0.1) is 13.2 Å². The lowest BCUT2D eigenvalue weighted by Gasteiger charge is -2.35. The van der Waals surface area contributed by atoms with Crippen molar-refractivity contribution in [3.05, 3.63) is 66.4 Å². The molecule has 1 saturated carbocycles. The number of Topliss-reactive ketones (excluding diaryl/α,β-unsaturated/α-hetero) is 2. The first-order chi connectivity index (χ1) is 17.7. The van der Waals surface area contributed by atoms with E-state index in [1.807, 2.05) is 0 Å². The van der Waals surface area contributed by atoms with Crippen molar-refractivity contribution in [1.29, 1.82) is 0 Å². The number of hydrogen-bond donors (Lipinski definition) is 0. The van der Waals surface area contributed by atoms with Gasteiger partial charge in [-0.25, -0.2) is 0 Å². The predicted molar refractivity (Wildman–Crippen MR) is 126 cm³/mol. The van der Waals surface area contributed by atoms with Crippen molar-refractivity contribution >= 4 is 23.2 Å². The smallest absolute Gasteiger partial charge is 0.406 e. The van der Waals surface area contributed by atoms with E-state index in [2.05, 4.69) is 9.89 Å². The molecule has 192 valence electrons. The second-order valence-corrected chi connectivity index (χ2v) is 9.27. The van der Waals surface area contributed by atoms with Crippen LogP contribution in [0.3, 0.4) is 0 Å². The highest BCUT2D eigenvalue weighted by molar-refractivity contribution is 6.49. The van der Waals surface area contributed by atoms with E-state index in [4.69, 9.17) is 4.52 Å². The molecule has 1 saturated heterocycles. The first-order valence-electron chi connectivity index (χ1n) is 12.0. The molecule has 2 unspecified atom stereocenters. The van der Waals surface area contributed by atoms with Crippen LogP contribution >= 0.6 is 0 Å². The topological polar surface area (TPSA) is 89.7 Å². The lowest BCUT2D eigenvalue weighted by molar-refractivity contribution is -0.274. The van der Waals surface area contributed by atoms with Crippen molar-refractivity contribution in [3.8, 4) is 17.0 Å². The maximum atomic E-state index is 13.6. The number of nitrogens with zero attached hydrogens (tertiary/aromatic N) is 2. The van der Waals surface area contributed by atoms with E-state index in [1.165, 1.54) is 23.3 Å². The minimum absolute atomic E-state index is 0.0460. The standard InChI is InChI=1S/C27H23F3N2O5/c28-27(29,30)37-20-12-8-18(9-13-20)24(33)22-23(17-4-2-1-3-5-17)32(26(35)25(22)34)19-10-6-16(7-11-19)21-14-15-36-31-21/h6-15,17,22-23H,1-5H2. The van der Waals surface area contributed by atoms with Crippen LogP contribution in [-0.4, -0.2) is 35.0 Å². The fourth-order valence-corrected chi connectivity index (χ4v) is 5.37. The summed E-state index contributed by atoms with van der Waals surface area (Å²) in [6.07, 6.45) is 0.997. The maximum absolute atomic E-state index is 13.6. The minimum Gasteiger partial charge on any atom is -0.406 e. The molecule has 1 aromatic heterocycles. The number of carbonyl (C=O) groups is 3. The van der Waals surface area contributed by atoms with Crippen LogP contribution in [0, 0.1) is 11.8 Å². The summed E-state index contributed by atoms with van der Waals surface area (Å²) in [6, 6.07) is 12.4. The third kappa shape index (κ3) is 5.00. The van der Waals surface area contributed by atoms with Crippen molar-refractivity contribution in [2.24, 2.45) is 11.8 Å². The summed E-state index contributed by atoms with van der Waals surface area (Å²) in [6.45, 7) is 0. The zero-order valence-electron chi connectivity index (χ0n) is 19.6. The number of anilines is 1. The summed E-state index contributed by atoms with van der Waals surface area (Å²) in [5.41, 5.74) is 1.92. The van der Waals surface area contributed by atoms with Gasteiger partial charge in [0.05, 0.1) is 6.04 Å². The van der Waals surface area contributed by atoms with Crippen molar-refractivity contribution < 1.29 is 36.8 Å². The molecule has 3 aromatic rings. The summed E-state index contributed by atoms with van der Waals surface area (Å²) in [4.78, 5) is 41.5. The second kappa shape index (κ2) is 9.84. The van der Waals surface area contributed by atoms with Crippen LogP contribution in [0.5, 0.6) is 5.75 Å². The van der Waals surface area contributed by atoms with Gasteiger partial charge in [0.25, 0.3) is 5.91 Å². The van der Waals surface area contributed by atoms with Crippen molar-refractivity contribution in [3.63, 3.8) is 0 Å². The van der Waals surface area contributed by atoms with Crippen LogP contribution in [0.4, 0.5) is 18.9 Å². The average Bonchev–Trinajstić information content (AvgIpc) is 3.51. The maximum Gasteiger partial charge on any atom is 0.573 e. The summed E-state index contributed by atoms with van der Waals surface area (Å²) in [5.74, 6) is -3.96. The zero-order valence-corrected chi connectivity index (χ0v) is 19.6. The Kier molecular flexibility index (Phi) is 6.57. The van der Waals surface area contributed by atoms with E-state index in [-0.39, 0.29) is 11.5 Å². The Morgan fingerprint density at radius 2 is 1.62 bits per heavy atom. The molecular weight excluding hydrogens is 489 g/mol. The van der Waals surface area contributed by atoms with Gasteiger partial charge < -0.3 is 14.2 Å². The molecule has 2 aromatic carbocycles. The van der Waals surface area contributed by atoms with E-state index in [1.54, 1.807) is 30.3 Å². The summed E-state index contributed by atoms with van der Waals surface area (Å²) >= 11 is 0. The molecule has 0 N–H and O–H groups in total. The number of hydrogen-bond acceptors (Lipinski definition) is 6. The van der Waals surface area contributed by atoms with Crippen LogP contribution in [0.25, 0.3) is 11.3 Å². The number of amides is 1. The molecule has 2 atom stereocenters.